The van der Waals surface area contributed by atoms with Crippen molar-refractivity contribution in [3.63, 3.8) is 0 Å². The van der Waals surface area contributed by atoms with Crippen LogP contribution in [0.15, 0.2) is 22.7 Å². The van der Waals surface area contributed by atoms with Crippen LogP contribution in [0.2, 0.25) is 0 Å². The monoisotopic (exact) mass is 301 g/mol. The molecule has 1 atom stereocenters. The summed E-state index contributed by atoms with van der Waals surface area (Å²) in [6.45, 7) is 2.38. The SMILES string of the molecule is CNCc1cc(OC(C)C(=O)OC)ccc1Br. The summed E-state index contributed by atoms with van der Waals surface area (Å²) in [6.07, 6.45) is -0.608. The smallest absolute Gasteiger partial charge is 0.346 e. The summed E-state index contributed by atoms with van der Waals surface area (Å²) in [7, 11) is 3.22. The first-order chi connectivity index (χ1) is 8.08. The van der Waals surface area contributed by atoms with E-state index in [-0.39, 0.29) is 5.97 Å². The maximum atomic E-state index is 11.2. The summed E-state index contributed by atoms with van der Waals surface area (Å²) in [5, 5.41) is 3.06. The number of halogens is 1. The summed E-state index contributed by atoms with van der Waals surface area (Å²) in [5.41, 5.74) is 1.07. The minimum Gasteiger partial charge on any atom is -0.479 e. The van der Waals surface area contributed by atoms with Gasteiger partial charge in [-0.05, 0) is 37.7 Å². The molecule has 94 valence electrons. The second-order valence-electron chi connectivity index (χ2n) is 3.57. The molecule has 0 aromatic heterocycles. The topological polar surface area (TPSA) is 47.6 Å². The molecular weight excluding hydrogens is 286 g/mol. The molecule has 0 spiro atoms. The van der Waals surface area contributed by atoms with Crippen LogP contribution in [0.1, 0.15) is 12.5 Å². The van der Waals surface area contributed by atoms with Gasteiger partial charge in [0.25, 0.3) is 0 Å². The lowest BCUT2D eigenvalue weighted by atomic mass is 10.2. The van der Waals surface area contributed by atoms with E-state index in [0.717, 1.165) is 16.6 Å². The van der Waals surface area contributed by atoms with Crippen molar-refractivity contribution in [1.82, 2.24) is 5.32 Å². The van der Waals surface area contributed by atoms with Crippen molar-refractivity contribution < 1.29 is 14.3 Å². The number of carbonyl (C=O) groups excluding carboxylic acids is 1. The Morgan fingerprint density at radius 1 is 1.53 bits per heavy atom. The van der Waals surface area contributed by atoms with Gasteiger partial charge in [-0.25, -0.2) is 4.79 Å². The van der Waals surface area contributed by atoms with Crippen LogP contribution in [0, 0.1) is 0 Å². The maximum Gasteiger partial charge on any atom is 0.346 e. The molecule has 1 unspecified atom stereocenters. The van der Waals surface area contributed by atoms with Gasteiger partial charge in [-0.3, -0.25) is 0 Å². The van der Waals surface area contributed by atoms with E-state index in [9.17, 15) is 4.79 Å². The molecular formula is C12H16BrNO3. The van der Waals surface area contributed by atoms with Crippen molar-refractivity contribution in [2.45, 2.75) is 19.6 Å². The Kier molecular flexibility index (Phi) is 5.44. The molecule has 0 aliphatic rings. The van der Waals surface area contributed by atoms with E-state index < -0.39 is 6.10 Å². The first-order valence-electron chi connectivity index (χ1n) is 5.26. The lowest BCUT2D eigenvalue weighted by Gasteiger charge is -2.14. The molecule has 5 heteroatoms. The zero-order valence-corrected chi connectivity index (χ0v) is 11.7. The van der Waals surface area contributed by atoms with E-state index >= 15 is 0 Å². The Labute approximate surface area is 109 Å². The Bertz CT molecular complexity index is 395. The third-order valence-corrected chi connectivity index (χ3v) is 3.00. The minimum absolute atomic E-state index is 0.386. The van der Waals surface area contributed by atoms with Crippen molar-refractivity contribution in [2.75, 3.05) is 14.2 Å². The van der Waals surface area contributed by atoms with Crippen LogP contribution in [0.25, 0.3) is 0 Å². The van der Waals surface area contributed by atoms with Gasteiger partial charge in [-0.15, -0.1) is 0 Å². The average molecular weight is 302 g/mol. The van der Waals surface area contributed by atoms with Crippen molar-refractivity contribution in [3.8, 4) is 5.75 Å². The predicted octanol–water partition coefficient (Wildman–Crippen LogP) is 2.11. The number of nitrogens with one attached hydrogen (secondary N) is 1. The van der Waals surface area contributed by atoms with Gasteiger partial charge < -0.3 is 14.8 Å². The molecule has 0 amide bonds. The van der Waals surface area contributed by atoms with Crippen molar-refractivity contribution in [3.05, 3.63) is 28.2 Å². The third kappa shape index (κ3) is 4.02. The molecule has 0 saturated carbocycles. The van der Waals surface area contributed by atoms with Gasteiger partial charge in [0.2, 0.25) is 0 Å². The summed E-state index contributed by atoms with van der Waals surface area (Å²) < 4.78 is 11.1. The Morgan fingerprint density at radius 3 is 2.82 bits per heavy atom. The number of ether oxygens (including phenoxy) is 2. The predicted molar refractivity (Wildman–Crippen MR) is 69.0 cm³/mol. The molecule has 0 radical (unpaired) electrons. The van der Waals surface area contributed by atoms with Gasteiger partial charge in [0.1, 0.15) is 5.75 Å². The number of methoxy groups -OCH3 is 1. The molecule has 1 N–H and O–H groups in total. The number of hydrogen-bond donors (Lipinski definition) is 1. The lowest BCUT2D eigenvalue weighted by Crippen LogP contribution is -2.25. The Balaban J connectivity index is 2.78. The zero-order valence-electron chi connectivity index (χ0n) is 10.1. The fourth-order valence-electron chi connectivity index (χ4n) is 1.37. The quantitative estimate of drug-likeness (QED) is 0.846. The number of carbonyl (C=O) groups is 1. The average Bonchev–Trinajstić information content (AvgIpc) is 2.32. The first-order valence-corrected chi connectivity index (χ1v) is 6.05. The summed E-state index contributed by atoms with van der Waals surface area (Å²) in [6, 6.07) is 5.59. The highest BCUT2D eigenvalue weighted by Crippen LogP contribution is 2.23. The molecule has 1 rings (SSSR count). The molecule has 0 saturated heterocycles. The van der Waals surface area contributed by atoms with Crippen molar-refractivity contribution in [2.24, 2.45) is 0 Å². The first kappa shape index (κ1) is 14.0. The molecule has 1 aromatic carbocycles. The molecule has 4 nitrogen and oxygen atoms in total. The number of hydrogen-bond acceptors (Lipinski definition) is 4. The standard InChI is InChI=1S/C12H16BrNO3/c1-8(12(15)16-3)17-10-4-5-11(13)9(6-10)7-14-2/h4-6,8,14H,7H2,1-3H3. The van der Waals surface area contributed by atoms with Gasteiger partial charge in [-0.1, -0.05) is 15.9 Å². The molecule has 0 heterocycles. The maximum absolute atomic E-state index is 11.2. The van der Waals surface area contributed by atoms with Crippen LogP contribution in [0.3, 0.4) is 0 Å². The fraction of sp³-hybridized carbons (Fsp3) is 0.417. The number of benzene rings is 1. The van der Waals surface area contributed by atoms with Crippen LogP contribution in [0.4, 0.5) is 0 Å². The highest BCUT2D eigenvalue weighted by atomic mass is 79.9. The highest BCUT2D eigenvalue weighted by Gasteiger charge is 2.15. The van der Waals surface area contributed by atoms with Crippen LogP contribution in [-0.4, -0.2) is 26.2 Å². The van der Waals surface area contributed by atoms with Gasteiger partial charge in [0.15, 0.2) is 6.10 Å². The van der Waals surface area contributed by atoms with Gasteiger partial charge >= 0.3 is 5.97 Å². The van der Waals surface area contributed by atoms with Crippen molar-refractivity contribution >= 4 is 21.9 Å². The van der Waals surface area contributed by atoms with E-state index in [4.69, 9.17) is 4.74 Å². The largest absolute Gasteiger partial charge is 0.479 e. The molecule has 17 heavy (non-hydrogen) atoms. The third-order valence-electron chi connectivity index (χ3n) is 2.23. The Morgan fingerprint density at radius 2 is 2.24 bits per heavy atom. The zero-order chi connectivity index (χ0) is 12.8. The van der Waals surface area contributed by atoms with Crippen LogP contribution in [-0.2, 0) is 16.1 Å². The van der Waals surface area contributed by atoms with E-state index in [1.54, 1.807) is 6.92 Å². The highest BCUT2D eigenvalue weighted by molar-refractivity contribution is 9.10. The second kappa shape index (κ2) is 6.61. The van der Waals surface area contributed by atoms with Gasteiger partial charge in [-0.2, -0.15) is 0 Å². The van der Waals surface area contributed by atoms with Gasteiger partial charge in [0, 0.05) is 11.0 Å². The van der Waals surface area contributed by atoms with Crippen LogP contribution >= 0.6 is 15.9 Å². The normalized spacial score (nSPS) is 12.0. The minimum atomic E-state index is -0.608. The van der Waals surface area contributed by atoms with E-state index in [1.807, 2.05) is 25.2 Å². The molecule has 0 aliphatic heterocycles. The van der Waals surface area contributed by atoms with Crippen LogP contribution < -0.4 is 10.1 Å². The molecule has 0 aliphatic carbocycles. The van der Waals surface area contributed by atoms with E-state index in [1.165, 1.54) is 7.11 Å². The van der Waals surface area contributed by atoms with Gasteiger partial charge in [0.05, 0.1) is 7.11 Å². The summed E-state index contributed by atoms with van der Waals surface area (Å²) >= 11 is 3.45. The fourth-order valence-corrected chi connectivity index (χ4v) is 1.76. The summed E-state index contributed by atoms with van der Waals surface area (Å²) in [4.78, 5) is 11.2. The van der Waals surface area contributed by atoms with Crippen LogP contribution in [0.5, 0.6) is 5.75 Å². The molecule has 0 fully saturated rings. The second-order valence-corrected chi connectivity index (χ2v) is 4.42. The van der Waals surface area contributed by atoms with E-state index in [2.05, 4.69) is 26.0 Å². The molecule has 0 bridgehead atoms. The Hall–Kier alpha value is -1.07. The summed E-state index contributed by atoms with van der Waals surface area (Å²) in [5.74, 6) is 0.263. The lowest BCUT2D eigenvalue weighted by molar-refractivity contribution is -0.147. The molecule has 1 aromatic rings. The number of rotatable bonds is 5. The van der Waals surface area contributed by atoms with E-state index in [0.29, 0.717) is 5.75 Å². The van der Waals surface area contributed by atoms with Crippen molar-refractivity contribution in [1.29, 1.82) is 0 Å². The number of esters is 1.